The molecule has 0 spiro atoms. The molecule has 1 N–H and O–H groups in total. The molecule has 1 aromatic heterocycles. The Morgan fingerprint density at radius 1 is 1.33 bits per heavy atom. The van der Waals surface area contributed by atoms with Gasteiger partial charge in [-0.05, 0) is 30.9 Å². The molecule has 0 fully saturated rings. The zero-order chi connectivity index (χ0) is 15.4. The largest absolute Gasteiger partial charge is 0.478 e. The van der Waals surface area contributed by atoms with Crippen molar-refractivity contribution in [2.45, 2.75) is 12.1 Å². The normalized spacial score (nSPS) is 11.0. The van der Waals surface area contributed by atoms with Crippen LogP contribution in [-0.4, -0.2) is 38.4 Å². The van der Waals surface area contributed by atoms with Gasteiger partial charge in [-0.25, -0.2) is 4.79 Å². The molecule has 0 saturated heterocycles. The number of hydrogen-bond acceptors (Lipinski definition) is 6. The minimum absolute atomic E-state index is 0.190. The number of carboxylic acids is 1. The molecule has 0 aliphatic heterocycles. The van der Waals surface area contributed by atoms with Crippen molar-refractivity contribution in [2.75, 3.05) is 6.26 Å². The Morgan fingerprint density at radius 2 is 2.00 bits per heavy atom. The minimum atomic E-state index is -0.992. The zero-order valence-electron chi connectivity index (χ0n) is 11.3. The SMILES string of the molecule is CSc1nnc(C)c(=O)n1/N=C\c1ccc(C(=O)O)cc1. The third kappa shape index (κ3) is 3.34. The maximum absolute atomic E-state index is 12.0. The van der Waals surface area contributed by atoms with Crippen LogP contribution in [0.15, 0.2) is 39.3 Å². The average Bonchev–Trinajstić information content (AvgIpc) is 2.49. The van der Waals surface area contributed by atoms with Crippen LogP contribution in [0.2, 0.25) is 0 Å². The summed E-state index contributed by atoms with van der Waals surface area (Å²) < 4.78 is 1.16. The number of nitrogens with zero attached hydrogens (tertiary/aromatic N) is 4. The molecule has 2 rings (SSSR count). The highest BCUT2D eigenvalue weighted by Crippen LogP contribution is 2.08. The highest BCUT2D eigenvalue weighted by molar-refractivity contribution is 7.98. The molecule has 1 aromatic carbocycles. The molecule has 7 nitrogen and oxygen atoms in total. The molecule has 0 unspecified atom stereocenters. The van der Waals surface area contributed by atoms with Crippen molar-refractivity contribution in [1.29, 1.82) is 0 Å². The number of benzene rings is 1. The first-order valence-corrected chi connectivity index (χ1v) is 7.13. The molecule has 21 heavy (non-hydrogen) atoms. The van der Waals surface area contributed by atoms with E-state index in [1.165, 1.54) is 30.1 Å². The van der Waals surface area contributed by atoms with E-state index in [4.69, 9.17) is 5.11 Å². The third-order valence-electron chi connectivity index (χ3n) is 2.63. The summed E-state index contributed by atoms with van der Waals surface area (Å²) in [6, 6.07) is 6.16. The molecule has 108 valence electrons. The molecule has 0 saturated carbocycles. The fourth-order valence-corrected chi connectivity index (χ4v) is 1.93. The molecule has 1 heterocycles. The van der Waals surface area contributed by atoms with Gasteiger partial charge in [-0.3, -0.25) is 4.79 Å². The Kier molecular flexibility index (Phi) is 4.49. The number of carbonyl (C=O) groups is 1. The summed E-state index contributed by atoms with van der Waals surface area (Å²) in [5, 5.41) is 20.9. The Balaban J connectivity index is 2.35. The summed E-state index contributed by atoms with van der Waals surface area (Å²) in [5.74, 6) is -0.992. The molecular weight excluding hydrogens is 292 g/mol. The van der Waals surface area contributed by atoms with Crippen molar-refractivity contribution in [1.82, 2.24) is 14.9 Å². The summed E-state index contributed by atoms with van der Waals surface area (Å²) in [6.45, 7) is 1.56. The second-order valence-electron chi connectivity index (χ2n) is 4.06. The number of thioether (sulfide) groups is 1. The highest BCUT2D eigenvalue weighted by atomic mass is 32.2. The van der Waals surface area contributed by atoms with Gasteiger partial charge in [0.25, 0.3) is 5.56 Å². The second-order valence-corrected chi connectivity index (χ2v) is 4.83. The molecular formula is C13H12N4O3S. The first kappa shape index (κ1) is 14.9. The van der Waals surface area contributed by atoms with E-state index in [1.54, 1.807) is 25.3 Å². The van der Waals surface area contributed by atoms with Crippen molar-refractivity contribution >= 4 is 23.9 Å². The van der Waals surface area contributed by atoms with Crippen LogP contribution in [0.25, 0.3) is 0 Å². The lowest BCUT2D eigenvalue weighted by atomic mass is 10.1. The predicted molar refractivity (Wildman–Crippen MR) is 79.2 cm³/mol. The molecule has 0 aliphatic rings. The van der Waals surface area contributed by atoms with E-state index in [0.717, 1.165) is 4.68 Å². The fourth-order valence-electron chi connectivity index (χ4n) is 1.51. The first-order chi connectivity index (χ1) is 10.0. The Hall–Kier alpha value is -2.48. The van der Waals surface area contributed by atoms with Gasteiger partial charge in [0.2, 0.25) is 5.16 Å². The van der Waals surface area contributed by atoms with E-state index in [2.05, 4.69) is 15.3 Å². The number of aromatic carboxylic acids is 1. The predicted octanol–water partition coefficient (Wildman–Crippen LogP) is 1.25. The minimum Gasteiger partial charge on any atom is -0.478 e. The van der Waals surface area contributed by atoms with E-state index in [1.807, 2.05) is 0 Å². The lowest BCUT2D eigenvalue weighted by Crippen LogP contribution is -2.23. The smallest absolute Gasteiger partial charge is 0.335 e. The van der Waals surface area contributed by atoms with Gasteiger partial charge in [0.1, 0.15) is 5.69 Å². The zero-order valence-corrected chi connectivity index (χ0v) is 12.2. The average molecular weight is 304 g/mol. The van der Waals surface area contributed by atoms with Gasteiger partial charge in [-0.1, -0.05) is 23.9 Å². The maximum atomic E-state index is 12.0. The van der Waals surface area contributed by atoms with Crippen molar-refractivity contribution in [3.05, 3.63) is 51.4 Å². The molecule has 0 aliphatic carbocycles. The quantitative estimate of drug-likeness (QED) is 0.674. The number of aryl methyl sites for hydroxylation is 1. The Bertz CT molecular complexity index is 753. The van der Waals surface area contributed by atoms with Gasteiger partial charge in [-0.2, -0.15) is 9.78 Å². The molecule has 0 radical (unpaired) electrons. The van der Waals surface area contributed by atoms with Gasteiger partial charge in [0, 0.05) is 0 Å². The third-order valence-corrected chi connectivity index (χ3v) is 3.25. The summed E-state index contributed by atoms with van der Waals surface area (Å²) >= 11 is 1.26. The summed E-state index contributed by atoms with van der Waals surface area (Å²) in [5.41, 5.74) is 0.780. The van der Waals surface area contributed by atoms with Crippen LogP contribution in [0.1, 0.15) is 21.6 Å². The number of carboxylic acid groups (broad SMARTS) is 1. The van der Waals surface area contributed by atoms with Crippen LogP contribution in [0, 0.1) is 6.92 Å². The monoisotopic (exact) mass is 304 g/mol. The topological polar surface area (TPSA) is 97.4 Å². The van der Waals surface area contributed by atoms with Crippen LogP contribution >= 0.6 is 11.8 Å². The van der Waals surface area contributed by atoms with Crippen LogP contribution in [-0.2, 0) is 0 Å². The van der Waals surface area contributed by atoms with Gasteiger partial charge >= 0.3 is 5.97 Å². The summed E-state index contributed by atoms with van der Waals surface area (Å²) in [7, 11) is 0. The van der Waals surface area contributed by atoms with Crippen molar-refractivity contribution in [3.63, 3.8) is 0 Å². The van der Waals surface area contributed by atoms with Crippen molar-refractivity contribution in [3.8, 4) is 0 Å². The number of aromatic nitrogens is 3. The van der Waals surface area contributed by atoms with E-state index >= 15 is 0 Å². The standard InChI is InChI=1S/C13H12N4O3S/c1-8-11(18)17(13(21-2)16-15-8)14-7-9-3-5-10(6-4-9)12(19)20/h3-7H,1-2H3,(H,19,20)/b14-7-. The summed E-state index contributed by atoms with van der Waals surface area (Å²) in [4.78, 5) is 22.7. The van der Waals surface area contributed by atoms with E-state index in [-0.39, 0.29) is 16.8 Å². The van der Waals surface area contributed by atoms with Gasteiger partial charge in [-0.15, -0.1) is 10.2 Å². The van der Waals surface area contributed by atoms with Gasteiger partial charge in [0.15, 0.2) is 0 Å². The Labute approximate surface area is 124 Å². The van der Waals surface area contributed by atoms with E-state index in [9.17, 15) is 9.59 Å². The first-order valence-electron chi connectivity index (χ1n) is 5.91. The molecule has 0 atom stereocenters. The van der Waals surface area contributed by atoms with Crippen molar-refractivity contribution in [2.24, 2.45) is 5.10 Å². The van der Waals surface area contributed by atoms with Crippen LogP contribution in [0.3, 0.4) is 0 Å². The molecule has 2 aromatic rings. The van der Waals surface area contributed by atoms with Crippen LogP contribution < -0.4 is 5.56 Å². The lowest BCUT2D eigenvalue weighted by Gasteiger charge is -2.03. The van der Waals surface area contributed by atoms with E-state index < -0.39 is 5.97 Å². The second kappa shape index (κ2) is 6.31. The fraction of sp³-hybridized carbons (Fsp3) is 0.154. The van der Waals surface area contributed by atoms with Crippen LogP contribution in [0.5, 0.6) is 0 Å². The molecule has 0 bridgehead atoms. The van der Waals surface area contributed by atoms with Crippen LogP contribution in [0.4, 0.5) is 0 Å². The lowest BCUT2D eigenvalue weighted by molar-refractivity contribution is 0.0697. The molecule has 8 heteroatoms. The van der Waals surface area contributed by atoms with Gasteiger partial charge in [0.05, 0.1) is 11.8 Å². The maximum Gasteiger partial charge on any atom is 0.335 e. The Morgan fingerprint density at radius 3 is 2.57 bits per heavy atom. The van der Waals surface area contributed by atoms with Gasteiger partial charge < -0.3 is 5.11 Å². The number of rotatable bonds is 4. The van der Waals surface area contributed by atoms with Crippen molar-refractivity contribution < 1.29 is 9.90 Å². The number of hydrogen-bond donors (Lipinski definition) is 1. The highest BCUT2D eigenvalue weighted by Gasteiger charge is 2.07. The summed E-state index contributed by atoms with van der Waals surface area (Å²) in [6.07, 6.45) is 3.24. The molecule has 0 amide bonds. The van der Waals surface area contributed by atoms with E-state index in [0.29, 0.717) is 10.7 Å².